The highest BCUT2D eigenvalue weighted by atomic mass is 16.5. The van der Waals surface area contributed by atoms with E-state index in [4.69, 9.17) is 4.74 Å². The highest BCUT2D eigenvalue weighted by Gasteiger charge is 2.32. The molecule has 2 amide bonds. The number of amides is 2. The Morgan fingerprint density at radius 1 is 1.00 bits per heavy atom. The molecule has 2 N–H and O–H groups in total. The van der Waals surface area contributed by atoms with Crippen molar-refractivity contribution in [2.75, 3.05) is 44.7 Å². The minimum atomic E-state index is -0.742. The number of carbonyl (C=O) groups excluding carboxylic acids is 2. The molecule has 0 radical (unpaired) electrons. The smallest absolute Gasteiger partial charge is 0.264 e. The second-order valence-corrected chi connectivity index (χ2v) is 10.3. The van der Waals surface area contributed by atoms with Crippen LogP contribution in [0.25, 0.3) is 10.9 Å². The average Bonchev–Trinajstić information content (AvgIpc) is 2.91. The summed E-state index contributed by atoms with van der Waals surface area (Å²) in [6.45, 7) is 7.48. The summed E-state index contributed by atoms with van der Waals surface area (Å²) >= 11 is 0. The maximum atomic E-state index is 13.4. The zero-order chi connectivity index (χ0) is 26.1. The number of ether oxygens (including phenoxy) is 1. The number of rotatable bonds is 7. The molecule has 198 valence electrons. The summed E-state index contributed by atoms with van der Waals surface area (Å²) in [6.07, 6.45) is 1.88. The number of likely N-dealkylation sites (tertiary alicyclic amines) is 1. The molecule has 3 aliphatic rings. The van der Waals surface area contributed by atoms with Gasteiger partial charge in [-0.25, -0.2) is 4.98 Å². The molecule has 6 rings (SSSR count). The number of nitrogens with zero attached hydrogens (tertiary/aromatic N) is 4. The number of imide groups is 1. The van der Waals surface area contributed by atoms with Crippen molar-refractivity contribution in [1.82, 2.24) is 24.7 Å². The van der Waals surface area contributed by atoms with Crippen molar-refractivity contribution in [3.05, 3.63) is 70.3 Å². The molecule has 1 atom stereocenters. The molecule has 0 spiro atoms. The molecule has 4 heterocycles. The Morgan fingerprint density at radius 2 is 1.76 bits per heavy atom. The van der Waals surface area contributed by atoms with Crippen molar-refractivity contribution in [2.24, 2.45) is 0 Å². The maximum Gasteiger partial charge on any atom is 0.264 e. The summed E-state index contributed by atoms with van der Waals surface area (Å²) in [5.41, 5.74) is 3.32. The minimum Gasteiger partial charge on any atom is -0.380 e. The van der Waals surface area contributed by atoms with Gasteiger partial charge in [0.15, 0.2) is 0 Å². The second-order valence-electron chi connectivity index (χ2n) is 10.3. The number of carbonyl (C=O) groups is 2. The van der Waals surface area contributed by atoms with Crippen molar-refractivity contribution < 1.29 is 14.3 Å². The molecule has 1 unspecified atom stereocenters. The Bertz CT molecular complexity index is 1390. The van der Waals surface area contributed by atoms with Crippen LogP contribution in [0.4, 0.5) is 5.69 Å². The maximum absolute atomic E-state index is 13.4. The summed E-state index contributed by atoms with van der Waals surface area (Å²) in [6, 6.07) is 14.0. The molecule has 3 saturated heterocycles. The first kappa shape index (κ1) is 24.7. The van der Waals surface area contributed by atoms with E-state index in [0.29, 0.717) is 29.2 Å². The van der Waals surface area contributed by atoms with Crippen LogP contribution in [0.2, 0.25) is 0 Å². The summed E-state index contributed by atoms with van der Waals surface area (Å²) in [5, 5.41) is 6.13. The van der Waals surface area contributed by atoms with E-state index in [1.807, 2.05) is 12.1 Å². The van der Waals surface area contributed by atoms with Crippen LogP contribution >= 0.6 is 0 Å². The third kappa shape index (κ3) is 5.07. The molecule has 2 aromatic carbocycles. The van der Waals surface area contributed by atoms with Crippen LogP contribution in [0.3, 0.4) is 0 Å². The standard InChI is InChI=1S/C28H32N6O4/c35-25-9-8-24(27(36)31-25)34-18-30-23-3-1-2-22(26(23)28(34)37)29-14-19-4-6-20(7-5-19)15-32-16-21(17-32)33-10-12-38-13-11-33/h1-7,18,21,24,29H,8-17H2,(H,31,35,36). The SMILES string of the molecule is O=C1CCC(n2cnc3cccc(NCc4ccc(CN5CC(N6CCOCC6)C5)cc4)c3c2=O)C(=O)N1. The van der Waals surface area contributed by atoms with Gasteiger partial charge in [0.1, 0.15) is 6.04 Å². The Morgan fingerprint density at radius 3 is 2.53 bits per heavy atom. The van der Waals surface area contributed by atoms with E-state index >= 15 is 0 Å². The monoisotopic (exact) mass is 516 g/mol. The third-order valence-electron chi connectivity index (χ3n) is 7.77. The molecule has 3 aromatic rings. The van der Waals surface area contributed by atoms with Gasteiger partial charge in [0, 0.05) is 57.4 Å². The van der Waals surface area contributed by atoms with Crippen LogP contribution in [0.1, 0.15) is 30.0 Å². The Kier molecular flexibility index (Phi) is 6.92. The fourth-order valence-electron chi connectivity index (χ4n) is 5.56. The van der Waals surface area contributed by atoms with E-state index in [1.54, 1.807) is 6.07 Å². The number of benzene rings is 2. The molecule has 0 saturated carbocycles. The Hall–Kier alpha value is -3.60. The minimum absolute atomic E-state index is 0.197. The number of aromatic nitrogens is 2. The number of hydrogen-bond acceptors (Lipinski definition) is 8. The third-order valence-corrected chi connectivity index (χ3v) is 7.77. The highest BCUT2D eigenvalue weighted by molar-refractivity contribution is 5.99. The van der Waals surface area contributed by atoms with E-state index < -0.39 is 11.9 Å². The van der Waals surface area contributed by atoms with Gasteiger partial charge in [0.2, 0.25) is 11.8 Å². The highest BCUT2D eigenvalue weighted by Crippen LogP contribution is 2.23. The van der Waals surface area contributed by atoms with Crippen LogP contribution < -0.4 is 16.2 Å². The fourth-order valence-corrected chi connectivity index (χ4v) is 5.56. The number of anilines is 1. The van der Waals surface area contributed by atoms with E-state index in [-0.39, 0.29) is 24.3 Å². The summed E-state index contributed by atoms with van der Waals surface area (Å²) < 4.78 is 6.80. The topological polar surface area (TPSA) is 109 Å². The molecule has 3 fully saturated rings. The van der Waals surface area contributed by atoms with Crippen LogP contribution in [-0.2, 0) is 27.4 Å². The molecule has 3 aliphatic heterocycles. The van der Waals surface area contributed by atoms with Gasteiger partial charge in [-0.2, -0.15) is 0 Å². The lowest BCUT2D eigenvalue weighted by Crippen LogP contribution is -2.60. The molecule has 0 aliphatic carbocycles. The van der Waals surface area contributed by atoms with Gasteiger partial charge in [-0.15, -0.1) is 0 Å². The van der Waals surface area contributed by atoms with Crippen molar-refractivity contribution in [2.45, 2.75) is 38.0 Å². The van der Waals surface area contributed by atoms with Gasteiger partial charge >= 0.3 is 0 Å². The molecule has 1 aromatic heterocycles. The average molecular weight is 517 g/mol. The molecule has 0 bridgehead atoms. The second kappa shape index (κ2) is 10.6. The molecular weight excluding hydrogens is 484 g/mol. The van der Waals surface area contributed by atoms with Crippen molar-refractivity contribution in [3.63, 3.8) is 0 Å². The lowest BCUT2D eigenvalue weighted by Gasteiger charge is -2.46. The molecule has 10 nitrogen and oxygen atoms in total. The number of piperidine rings is 1. The number of fused-ring (bicyclic) bond motifs is 1. The van der Waals surface area contributed by atoms with Gasteiger partial charge in [0.05, 0.1) is 30.4 Å². The van der Waals surface area contributed by atoms with Gasteiger partial charge in [-0.05, 0) is 29.7 Å². The molecule has 10 heteroatoms. The molecule has 38 heavy (non-hydrogen) atoms. The zero-order valence-electron chi connectivity index (χ0n) is 21.3. The van der Waals surface area contributed by atoms with Crippen molar-refractivity contribution in [3.8, 4) is 0 Å². The first-order chi connectivity index (χ1) is 18.5. The predicted octanol–water partition coefficient (Wildman–Crippen LogP) is 1.50. The van der Waals surface area contributed by atoms with Gasteiger partial charge < -0.3 is 10.1 Å². The predicted molar refractivity (Wildman–Crippen MR) is 143 cm³/mol. The lowest BCUT2D eigenvalue weighted by atomic mass is 10.0. The van der Waals surface area contributed by atoms with Crippen LogP contribution in [0.5, 0.6) is 0 Å². The summed E-state index contributed by atoms with van der Waals surface area (Å²) in [7, 11) is 0. The summed E-state index contributed by atoms with van der Waals surface area (Å²) in [4.78, 5) is 46.7. The van der Waals surface area contributed by atoms with Crippen molar-refractivity contribution >= 4 is 28.4 Å². The van der Waals surface area contributed by atoms with Crippen molar-refractivity contribution in [1.29, 1.82) is 0 Å². The van der Waals surface area contributed by atoms with E-state index in [1.165, 1.54) is 16.5 Å². The van der Waals surface area contributed by atoms with Gasteiger partial charge in [-0.1, -0.05) is 30.3 Å². The Balaban J connectivity index is 1.10. The zero-order valence-corrected chi connectivity index (χ0v) is 21.3. The van der Waals surface area contributed by atoms with Crippen LogP contribution in [-0.4, -0.2) is 76.6 Å². The number of hydrogen-bond donors (Lipinski definition) is 2. The first-order valence-corrected chi connectivity index (χ1v) is 13.2. The first-order valence-electron chi connectivity index (χ1n) is 13.2. The number of nitrogens with one attached hydrogen (secondary N) is 2. The number of morpholine rings is 1. The van der Waals surface area contributed by atoms with Crippen LogP contribution in [0, 0.1) is 0 Å². The fraction of sp³-hybridized carbons (Fsp3) is 0.429. The molecular formula is C28H32N6O4. The summed E-state index contributed by atoms with van der Waals surface area (Å²) in [5.74, 6) is -0.784. The lowest BCUT2D eigenvalue weighted by molar-refractivity contribution is -0.135. The van der Waals surface area contributed by atoms with E-state index in [9.17, 15) is 14.4 Å². The quantitative estimate of drug-likeness (QED) is 0.455. The van der Waals surface area contributed by atoms with Crippen LogP contribution in [0.15, 0.2) is 53.6 Å². The van der Waals surface area contributed by atoms with Gasteiger partial charge in [0.25, 0.3) is 5.56 Å². The normalized spacial score (nSPS) is 21.3. The Labute approximate surface area is 220 Å². The van der Waals surface area contributed by atoms with E-state index in [0.717, 1.165) is 51.5 Å². The van der Waals surface area contributed by atoms with Gasteiger partial charge in [-0.3, -0.25) is 34.1 Å². The van der Waals surface area contributed by atoms with E-state index in [2.05, 4.69) is 49.7 Å². The largest absolute Gasteiger partial charge is 0.380 e.